The third-order valence-electron chi connectivity index (χ3n) is 2.90. The number of hydrogen-bond donors (Lipinski definition) is 0. The molecular weight excluding hydrogens is 148 g/mol. The van der Waals surface area contributed by atoms with E-state index < -0.39 is 0 Å². The summed E-state index contributed by atoms with van der Waals surface area (Å²) < 4.78 is 0. The first kappa shape index (κ1) is 7.78. The second kappa shape index (κ2) is 2.89. The molecule has 0 saturated heterocycles. The van der Waals surface area contributed by atoms with E-state index in [4.69, 9.17) is 0 Å². The standard InChI is InChI=1S/C11H14O/c1-8-5-6-10(7-8)11(12)9-3-2-4-9/h2-4,8,10H,5-7H2,1H3. The summed E-state index contributed by atoms with van der Waals surface area (Å²) in [5.74, 6) is 1.46. The van der Waals surface area contributed by atoms with Gasteiger partial charge in [-0.3, -0.25) is 4.79 Å². The van der Waals surface area contributed by atoms with E-state index in [1.54, 1.807) is 0 Å². The fraction of sp³-hybridized carbons (Fsp3) is 0.545. The number of Topliss-reactive ketones (excluding diaryl/α,β-unsaturated/α-hetero) is 1. The number of carbonyl (C=O) groups is 1. The molecule has 0 bridgehead atoms. The molecule has 2 atom stereocenters. The maximum absolute atomic E-state index is 11.7. The molecule has 0 aromatic heterocycles. The Morgan fingerprint density at radius 2 is 2.25 bits per heavy atom. The summed E-state index contributed by atoms with van der Waals surface area (Å²) in [6.07, 6.45) is 9.21. The smallest absolute Gasteiger partial charge is 0.165 e. The highest BCUT2D eigenvalue weighted by Crippen LogP contribution is 2.33. The molecule has 1 fully saturated rings. The SMILES string of the molecule is CC1CCC(C(=O)C2=CC=C2)C1. The van der Waals surface area contributed by atoms with Crippen LogP contribution in [0.2, 0.25) is 0 Å². The summed E-state index contributed by atoms with van der Waals surface area (Å²) >= 11 is 0. The summed E-state index contributed by atoms with van der Waals surface area (Å²) in [5.41, 5.74) is 0.939. The highest BCUT2D eigenvalue weighted by atomic mass is 16.1. The van der Waals surface area contributed by atoms with Crippen LogP contribution in [0.1, 0.15) is 26.2 Å². The summed E-state index contributed by atoms with van der Waals surface area (Å²) in [7, 11) is 0. The van der Waals surface area contributed by atoms with Gasteiger partial charge in [-0.25, -0.2) is 0 Å². The number of allylic oxidation sites excluding steroid dienone is 4. The second-order valence-electron chi connectivity index (χ2n) is 3.96. The van der Waals surface area contributed by atoms with Crippen molar-refractivity contribution in [3.05, 3.63) is 23.8 Å². The molecule has 0 radical (unpaired) electrons. The van der Waals surface area contributed by atoms with Crippen molar-refractivity contribution < 1.29 is 4.79 Å². The Hall–Kier alpha value is -0.850. The quantitative estimate of drug-likeness (QED) is 0.609. The average Bonchev–Trinajstić information content (AvgIpc) is 2.31. The minimum Gasteiger partial charge on any atom is -0.294 e. The van der Waals surface area contributed by atoms with Crippen molar-refractivity contribution in [3.8, 4) is 0 Å². The van der Waals surface area contributed by atoms with Gasteiger partial charge in [0.05, 0.1) is 0 Å². The molecule has 0 aromatic carbocycles. The summed E-state index contributed by atoms with van der Waals surface area (Å²) in [6.45, 7) is 2.23. The number of ketones is 1. The Kier molecular flexibility index (Phi) is 1.87. The molecule has 1 heteroatoms. The van der Waals surface area contributed by atoms with E-state index in [0.717, 1.165) is 24.3 Å². The molecular formula is C11H14O. The first-order valence-electron chi connectivity index (χ1n) is 4.70. The lowest BCUT2D eigenvalue weighted by Gasteiger charge is -2.11. The van der Waals surface area contributed by atoms with Gasteiger partial charge in [0.25, 0.3) is 0 Å². The van der Waals surface area contributed by atoms with E-state index in [9.17, 15) is 4.79 Å². The van der Waals surface area contributed by atoms with Gasteiger partial charge in [-0.05, 0) is 25.2 Å². The molecule has 0 heterocycles. The molecule has 2 aliphatic rings. The van der Waals surface area contributed by atoms with Gasteiger partial charge in [0, 0.05) is 11.5 Å². The van der Waals surface area contributed by atoms with Gasteiger partial charge in [0.1, 0.15) is 0 Å². The minimum atomic E-state index is 0.330. The van der Waals surface area contributed by atoms with E-state index in [-0.39, 0.29) is 0 Å². The lowest BCUT2D eigenvalue weighted by Crippen LogP contribution is -2.14. The lowest BCUT2D eigenvalue weighted by molar-refractivity contribution is -0.118. The highest BCUT2D eigenvalue weighted by molar-refractivity contribution is 6.01. The zero-order chi connectivity index (χ0) is 8.55. The van der Waals surface area contributed by atoms with E-state index in [1.165, 1.54) is 6.42 Å². The topological polar surface area (TPSA) is 17.1 Å². The minimum absolute atomic E-state index is 0.330. The number of hydrogen-bond acceptors (Lipinski definition) is 1. The first-order valence-corrected chi connectivity index (χ1v) is 4.70. The largest absolute Gasteiger partial charge is 0.294 e. The molecule has 1 saturated carbocycles. The fourth-order valence-electron chi connectivity index (χ4n) is 2.04. The van der Waals surface area contributed by atoms with Crippen molar-refractivity contribution in [1.29, 1.82) is 0 Å². The molecule has 12 heavy (non-hydrogen) atoms. The van der Waals surface area contributed by atoms with Gasteiger partial charge in [0.15, 0.2) is 5.78 Å². The zero-order valence-corrected chi connectivity index (χ0v) is 7.42. The third-order valence-corrected chi connectivity index (χ3v) is 2.90. The Labute approximate surface area is 73.2 Å². The Balaban J connectivity index is 1.96. The normalized spacial score (nSPS) is 32.9. The second-order valence-corrected chi connectivity index (χ2v) is 3.96. The van der Waals surface area contributed by atoms with Crippen molar-refractivity contribution in [1.82, 2.24) is 0 Å². The van der Waals surface area contributed by atoms with Gasteiger partial charge in [-0.15, -0.1) is 0 Å². The van der Waals surface area contributed by atoms with Crippen LogP contribution in [0.5, 0.6) is 0 Å². The van der Waals surface area contributed by atoms with Crippen LogP contribution < -0.4 is 0 Å². The maximum atomic E-state index is 11.7. The van der Waals surface area contributed by atoms with Crippen LogP contribution in [-0.4, -0.2) is 5.78 Å². The fourth-order valence-corrected chi connectivity index (χ4v) is 2.04. The van der Waals surface area contributed by atoms with Gasteiger partial charge < -0.3 is 0 Å². The van der Waals surface area contributed by atoms with Crippen molar-refractivity contribution in [2.24, 2.45) is 11.8 Å². The van der Waals surface area contributed by atoms with Gasteiger partial charge >= 0.3 is 0 Å². The van der Waals surface area contributed by atoms with Crippen LogP contribution in [0.25, 0.3) is 0 Å². The molecule has 2 rings (SSSR count). The molecule has 64 valence electrons. The third kappa shape index (κ3) is 1.24. The Morgan fingerprint density at radius 3 is 2.67 bits per heavy atom. The Bertz CT molecular complexity index is 260. The molecule has 0 aliphatic heterocycles. The van der Waals surface area contributed by atoms with E-state index in [2.05, 4.69) is 6.92 Å². The van der Waals surface area contributed by atoms with Crippen LogP contribution in [-0.2, 0) is 4.79 Å². The van der Waals surface area contributed by atoms with E-state index in [0.29, 0.717) is 11.7 Å². The van der Waals surface area contributed by atoms with Crippen molar-refractivity contribution in [3.63, 3.8) is 0 Å². The van der Waals surface area contributed by atoms with Crippen LogP contribution >= 0.6 is 0 Å². The van der Waals surface area contributed by atoms with Crippen LogP contribution in [0.3, 0.4) is 0 Å². The Morgan fingerprint density at radius 1 is 1.50 bits per heavy atom. The highest BCUT2D eigenvalue weighted by Gasteiger charge is 2.28. The summed E-state index contributed by atoms with van der Waals surface area (Å²) in [5, 5.41) is 0. The lowest BCUT2D eigenvalue weighted by atomic mass is 9.92. The van der Waals surface area contributed by atoms with Gasteiger partial charge in [-0.2, -0.15) is 0 Å². The van der Waals surface area contributed by atoms with Crippen LogP contribution in [0.4, 0.5) is 0 Å². The predicted molar refractivity (Wildman–Crippen MR) is 48.7 cm³/mol. The van der Waals surface area contributed by atoms with Gasteiger partial charge in [-0.1, -0.05) is 25.2 Å². The molecule has 0 amide bonds. The molecule has 2 unspecified atom stereocenters. The first-order chi connectivity index (χ1) is 5.77. The van der Waals surface area contributed by atoms with E-state index >= 15 is 0 Å². The molecule has 1 nitrogen and oxygen atoms in total. The van der Waals surface area contributed by atoms with Crippen molar-refractivity contribution >= 4 is 5.78 Å². The average molecular weight is 162 g/mol. The monoisotopic (exact) mass is 162 g/mol. The van der Waals surface area contributed by atoms with E-state index in [1.807, 2.05) is 18.2 Å². The van der Waals surface area contributed by atoms with Gasteiger partial charge in [0.2, 0.25) is 0 Å². The van der Waals surface area contributed by atoms with Crippen molar-refractivity contribution in [2.45, 2.75) is 26.2 Å². The van der Waals surface area contributed by atoms with Crippen molar-refractivity contribution in [2.75, 3.05) is 0 Å². The summed E-state index contributed by atoms with van der Waals surface area (Å²) in [4.78, 5) is 11.7. The summed E-state index contributed by atoms with van der Waals surface area (Å²) in [6, 6.07) is 0. The molecule has 2 aliphatic carbocycles. The molecule has 0 N–H and O–H groups in total. The zero-order valence-electron chi connectivity index (χ0n) is 7.42. The molecule has 0 aromatic rings. The number of rotatable bonds is 2. The number of carbonyl (C=O) groups excluding carboxylic acids is 1. The van der Waals surface area contributed by atoms with Crippen LogP contribution in [0.15, 0.2) is 23.8 Å². The predicted octanol–water partition coefficient (Wildman–Crippen LogP) is 2.49. The molecule has 0 spiro atoms. The maximum Gasteiger partial charge on any atom is 0.165 e. The van der Waals surface area contributed by atoms with Crippen LogP contribution in [0, 0.1) is 11.8 Å².